The zero-order valence-corrected chi connectivity index (χ0v) is 22.9. The van der Waals surface area contributed by atoms with E-state index in [9.17, 15) is 4.79 Å². The molecule has 0 bridgehead atoms. The molecule has 2 N–H and O–H groups in total. The molecule has 4 rings (SSSR count). The highest BCUT2D eigenvalue weighted by molar-refractivity contribution is 5.94. The maximum Gasteiger partial charge on any atom is 0.254 e. The molecule has 1 aromatic heterocycles. The fraction of sp³-hybridized carbons (Fsp3) is 0.375. The molecule has 0 aliphatic heterocycles. The standard InChI is InChI=1S/C32H40N4O/c1-6-27-24(5)15-18-28-29(27)34-31(36(28)21-25-11-8-7-9-12-25)30(22(2)3)35(20-10-19-33)32(37)26-16-13-23(4)14-17-26/h7-9,11-18,22,30H,6,10,19-21,33H2,1-5H3/t30-/m1/s1. The van der Waals surface area contributed by atoms with Crippen LogP contribution in [0.2, 0.25) is 0 Å². The van der Waals surface area contributed by atoms with Crippen LogP contribution < -0.4 is 5.73 Å². The molecule has 0 spiro atoms. The molecule has 0 radical (unpaired) electrons. The quantitative estimate of drug-likeness (QED) is 0.274. The van der Waals surface area contributed by atoms with Crippen LogP contribution in [0.1, 0.15) is 71.7 Å². The number of aromatic nitrogens is 2. The summed E-state index contributed by atoms with van der Waals surface area (Å²) in [7, 11) is 0. The second-order valence-corrected chi connectivity index (χ2v) is 10.3. The van der Waals surface area contributed by atoms with Gasteiger partial charge in [0.15, 0.2) is 0 Å². The lowest BCUT2D eigenvalue weighted by Crippen LogP contribution is -2.40. The van der Waals surface area contributed by atoms with Crippen molar-refractivity contribution in [3.8, 4) is 0 Å². The highest BCUT2D eigenvalue weighted by Gasteiger charge is 2.33. The summed E-state index contributed by atoms with van der Waals surface area (Å²) in [6, 6.07) is 22.5. The minimum absolute atomic E-state index is 0.0253. The van der Waals surface area contributed by atoms with E-state index in [1.165, 1.54) is 16.7 Å². The van der Waals surface area contributed by atoms with Crippen LogP contribution in [0, 0.1) is 19.8 Å². The van der Waals surface area contributed by atoms with Gasteiger partial charge in [0, 0.05) is 18.7 Å². The number of hydrogen-bond acceptors (Lipinski definition) is 3. The number of nitrogens with zero attached hydrogens (tertiary/aromatic N) is 3. The maximum atomic E-state index is 14.0. The number of nitrogens with two attached hydrogens (primary N) is 1. The zero-order chi connectivity index (χ0) is 26.5. The first-order chi connectivity index (χ1) is 17.8. The van der Waals surface area contributed by atoms with Gasteiger partial charge in [-0.3, -0.25) is 4.79 Å². The Morgan fingerprint density at radius 1 is 1.00 bits per heavy atom. The van der Waals surface area contributed by atoms with Gasteiger partial charge in [-0.2, -0.15) is 0 Å². The van der Waals surface area contributed by atoms with Gasteiger partial charge >= 0.3 is 0 Å². The molecule has 0 aliphatic rings. The van der Waals surface area contributed by atoms with E-state index in [2.05, 4.69) is 68.7 Å². The average molecular weight is 497 g/mol. The van der Waals surface area contributed by atoms with Gasteiger partial charge in [0.2, 0.25) is 0 Å². The van der Waals surface area contributed by atoms with Crippen molar-refractivity contribution in [3.05, 3.63) is 100 Å². The third kappa shape index (κ3) is 5.62. The molecule has 0 aliphatic carbocycles. The lowest BCUT2D eigenvalue weighted by atomic mass is 9.99. The predicted octanol–water partition coefficient (Wildman–Crippen LogP) is 6.45. The van der Waals surface area contributed by atoms with Crippen molar-refractivity contribution in [1.82, 2.24) is 14.5 Å². The molecular formula is C32H40N4O. The van der Waals surface area contributed by atoms with E-state index in [1.54, 1.807) is 0 Å². The summed E-state index contributed by atoms with van der Waals surface area (Å²) in [6.07, 6.45) is 1.65. The summed E-state index contributed by atoms with van der Waals surface area (Å²) in [5, 5.41) is 0. The molecule has 5 heteroatoms. The number of amides is 1. The van der Waals surface area contributed by atoms with Crippen LogP contribution >= 0.6 is 0 Å². The highest BCUT2D eigenvalue weighted by atomic mass is 16.2. The molecule has 194 valence electrons. The first-order valence-electron chi connectivity index (χ1n) is 13.5. The molecule has 1 atom stereocenters. The number of fused-ring (bicyclic) bond motifs is 1. The van der Waals surface area contributed by atoms with Crippen LogP contribution in [0.5, 0.6) is 0 Å². The van der Waals surface area contributed by atoms with Gasteiger partial charge in [-0.05, 0) is 74.0 Å². The topological polar surface area (TPSA) is 64.2 Å². The second kappa shape index (κ2) is 11.7. The van der Waals surface area contributed by atoms with E-state index in [0.29, 0.717) is 25.2 Å². The second-order valence-electron chi connectivity index (χ2n) is 10.3. The van der Waals surface area contributed by atoms with Crippen molar-refractivity contribution in [2.24, 2.45) is 11.7 Å². The van der Waals surface area contributed by atoms with Gasteiger partial charge in [0.05, 0.1) is 17.1 Å². The van der Waals surface area contributed by atoms with Crippen molar-refractivity contribution >= 4 is 16.9 Å². The highest BCUT2D eigenvalue weighted by Crippen LogP contribution is 2.34. The van der Waals surface area contributed by atoms with Crippen LogP contribution in [0.25, 0.3) is 11.0 Å². The largest absolute Gasteiger partial charge is 0.330 e. The number of aryl methyl sites for hydroxylation is 3. The summed E-state index contributed by atoms with van der Waals surface area (Å²) in [5.41, 5.74) is 13.7. The Balaban J connectivity index is 1.91. The zero-order valence-electron chi connectivity index (χ0n) is 22.9. The molecule has 4 aromatic rings. The summed E-state index contributed by atoms with van der Waals surface area (Å²) < 4.78 is 2.33. The first kappa shape index (κ1) is 26.6. The van der Waals surface area contributed by atoms with Crippen LogP contribution in [0.4, 0.5) is 0 Å². The molecular weight excluding hydrogens is 456 g/mol. The third-order valence-electron chi connectivity index (χ3n) is 7.22. The molecule has 0 saturated carbocycles. The first-order valence-corrected chi connectivity index (χ1v) is 13.5. The van der Waals surface area contributed by atoms with Gasteiger partial charge < -0.3 is 15.2 Å². The number of imidazole rings is 1. The third-order valence-corrected chi connectivity index (χ3v) is 7.22. The Labute approximate surface area is 221 Å². The number of benzene rings is 3. The fourth-order valence-corrected chi connectivity index (χ4v) is 5.26. The molecule has 1 amide bonds. The Kier molecular flexibility index (Phi) is 8.45. The Bertz CT molecular complexity index is 1340. The monoisotopic (exact) mass is 496 g/mol. The van der Waals surface area contributed by atoms with Gasteiger partial charge in [-0.1, -0.05) is 74.9 Å². The van der Waals surface area contributed by atoms with Crippen molar-refractivity contribution in [3.63, 3.8) is 0 Å². The summed E-state index contributed by atoms with van der Waals surface area (Å²) in [6.45, 7) is 12.6. The summed E-state index contributed by atoms with van der Waals surface area (Å²) in [5.74, 6) is 1.12. The van der Waals surface area contributed by atoms with E-state index in [1.807, 2.05) is 42.2 Å². The van der Waals surface area contributed by atoms with Crippen LogP contribution in [0.3, 0.4) is 0 Å². The molecule has 0 fully saturated rings. The van der Waals surface area contributed by atoms with Gasteiger partial charge in [0.25, 0.3) is 5.91 Å². The number of carbonyl (C=O) groups is 1. The van der Waals surface area contributed by atoms with Crippen molar-refractivity contribution in [1.29, 1.82) is 0 Å². The maximum absolute atomic E-state index is 14.0. The molecule has 37 heavy (non-hydrogen) atoms. The molecule has 3 aromatic carbocycles. The number of hydrogen-bond donors (Lipinski definition) is 1. The molecule has 5 nitrogen and oxygen atoms in total. The van der Waals surface area contributed by atoms with Crippen LogP contribution in [0.15, 0.2) is 66.7 Å². The molecule has 1 heterocycles. The van der Waals surface area contributed by atoms with E-state index >= 15 is 0 Å². The summed E-state index contributed by atoms with van der Waals surface area (Å²) in [4.78, 5) is 21.3. The average Bonchev–Trinajstić information content (AvgIpc) is 3.24. The van der Waals surface area contributed by atoms with Gasteiger partial charge in [-0.25, -0.2) is 4.98 Å². The van der Waals surface area contributed by atoms with Gasteiger partial charge in [-0.15, -0.1) is 0 Å². The van der Waals surface area contributed by atoms with E-state index in [-0.39, 0.29) is 17.9 Å². The van der Waals surface area contributed by atoms with Crippen LogP contribution in [-0.2, 0) is 13.0 Å². The van der Waals surface area contributed by atoms with Crippen LogP contribution in [-0.4, -0.2) is 33.4 Å². The lowest BCUT2D eigenvalue weighted by Gasteiger charge is -2.34. The van der Waals surface area contributed by atoms with Crippen molar-refractivity contribution < 1.29 is 4.79 Å². The summed E-state index contributed by atoms with van der Waals surface area (Å²) >= 11 is 0. The predicted molar refractivity (Wildman–Crippen MR) is 153 cm³/mol. The Morgan fingerprint density at radius 2 is 1.70 bits per heavy atom. The van der Waals surface area contributed by atoms with E-state index in [0.717, 1.165) is 35.3 Å². The van der Waals surface area contributed by atoms with Crippen molar-refractivity contribution in [2.75, 3.05) is 13.1 Å². The Hall–Kier alpha value is -3.44. The molecule has 0 unspecified atom stereocenters. The van der Waals surface area contributed by atoms with E-state index < -0.39 is 0 Å². The smallest absolute Gasteiger partial charge is 0.254 e. The van der Waals surface area contributed by atoms with Crippen molar-refractivity contribution in [2.45, 2.75) is 60.0 Å². The minimum Gasteiger partial charge on any atom is -0.330 e. The minimum atomic E-state index is -0.193. The number of rotatable bonds is 10. The molecule has 0 saturated heterocycles. The van der Waals surface area contributed by atoms with Gasteiger partial charge in [0.1, 0.15) is 5.82 Å². The number of carbonyl (C=O) groups excluding carboxylic acids is 1. The normalized spacial score (nSPS) is 12.3. The lowest BCUT2D eigenvalue weighted by molar-refractivity contribution is 0.0605. The fourth-order valence-electron chi connectivity index (χ4n) is 5.26. The van der Waals surface area contributed by atoms with E-state index in [4.69, 9.17) is 10.7 Å². The SMILES string of the molecule is CCc1c(C)ccc2c1nc([C@@H](C(C)C)N(CCCN)C(=O)c1ccc(C)cc1)n2Cc1ccccc1. The Morgan fingerprint density at radius 3 is 2.32 bits per heavy atom.